The van der Waals surface area contributed by atoms with Crippen LogP contribution in [-0.2, 0) is 21.7 Å². The van der Waals surface area contributed by atoms with Gasteiger partial charge in [0.15, 0.2) is 0 Å². The summed E-state index contributed by atoms with van der Waals surface area (Å²) in [7, 11) is 0. The van der Waals surface area contributed by atoms with Gasteiger partial charge in [-0.25, -0.2) is 11.6 Å². The van der Waals surface area contributed by atoms with Gasteiger partial charge in [-0.2, -0.15) is 17.8 Å². The second kappa shape index (κ2) is 10.5. The largest absolute Gasteiger partial charge is 3.00 e. The van der Waals surface area contributed by atoms with E-state index in [4.69, 9.17) is 0 Å². The van der Waals surface area contributed by atoms with Crippen LogP contribution in [0.1, 0.15) is 47.0 Å². The molecule has 0 amide bonds. The van der Waals surface area contributed by atoms with Crippen LogP contribution in [0, 0.1) is 11.5 Å². The van der Waals surface area contributed by atoms with Crippen LogP contribution in [0.15, 0.2) is 41.5 Å². The first-order valence-electron chi connectivity index (χ1n) is 7.26. The zero-order valence-corrected chi connectivity index (χ0v) is 17.8. The minimum Gasteiger partial charge on any atom is -1.00 e. The monoisotopic (exact) mass is 391 g/mol. The quantitative estimate of drug-likeness (QED) is 0.459. The summed E-state index contributed by atoms with van der Waals surface area (Å²) in [4.78, 5) is 0. The number of hydrogen-bond donors (Lipinski definition) is 0. The maximum absolute atomic E-state index is 3.50. The Hall–Kier alpha value is 0.604. The molecule has 1 unspecified atom stereocenters. The zero-order valence-electron chi connectivity index (χ0n) is 13.9. The maximum Gasteiger partial charge on any atom is 3.00 e. The third-order valence-corrected chi connectivity index (χ3v) is 5.18. The molecule has 0 aliphatic heterocycles. The maximum atomic E-state index is 3.50. The molecule has 2 aliphatic rings. The second-order valence-electron chi connectivity index (χ2n) is 6.38. The minimum absolute atomic E-state index is 0. The molecule has 0 aromatic carbocycles. The summed E-state index contributed by atoms with van der Waals surface area (Å²) >= 11 is 2.11. The molecular weight excluding hydrogens is 367 g/mol. The third kappa shape index (κ3) is 5.91. The predicted molar refractivity (Wildman–Crippen MR) is 87.3 cm³/mol. The molecule has 0 spiro atoms. The first-order chi connectivity index (χ1) is 8.98. The van der Waals surface area contributed by atoms with Gasteiger partial charge in [0.1, 0.15) is 0 Å². The van der Waals surface area contributed by atoms with E-state index in [0.29, 0.717) is 0 Å². The van der Waals surface area contributed by atoms with Crippen LogP contribution in [0.2, 0.25) is 0 Å². The Morgan fingerprint density at radius 1 is 1.23 bits per heavy atom. The standard InChI is InChI=1S/C18H25S.2ClH.Ti/c1-5-19-18(14-15-10-6-7-11-15)13-9-8-12-16(18)17(2,3)4;;;/h6,8-10,12H,5,7,13-14H2,1-4H3;2*1H;/q-1;;;+3/p-2. The fourth-order valence-corrected chi connectivity index (χ4v) is 4.68. The SMILES string of the molecule is CCSC1(CC2=[C-]CC=C2)CC=CC=C1C(C)(C)C.[Cl-].[Cl-].[Ti+3]. The summed E-state index contributed by atoms with van der Waals surface area (Å²) < 4.78 is 0.235. The summed E-state index contributed by atoms with van der Waals surface area (Å²) in [6, 6.07) is 0. The third-order valence-electron chi connectivity index (χ3n) is 3.81. The van der Waals surface area contributed by atoms with Crippen LogP contribution in [0.5, 0.6) is 0 Å². The molecule has 0 nitrogen and oxygen atoms in total. The summed E-state index contributed by atoms with van der Waals surface area (Å²) in [6.45, 7) is 9.29. The summed E-state index contributed by atoms with van der Waals surface area (Å²) in [5.74, 6) is 1.16. The van der Waals surface area contributed by atoms with Crippen molar-refractivity contribution in [1.82, 2.24) is 0 Å². The summed E-state index contributed by atoms with van der Waals surface area (Å²) in [5, 5.41) is 0. The van der Waals surface area contributed by atoms with Crippen molar-refractivity contribution in [3.05, 3.63) is 47.6 Å². The van der Waals surface area contributed by atoms with E-state index in [2.05, 4.69) is 75.9 Å². The molecule has 0 saturated heterocycles. The molecule has 22 heavy (non-hydrogen) atoms. The number of rotatable bonds is 4. The smallest absolute Gasteiger partial charge is 1.00 e. The van der Waals surface area contributed by atoms with E-state index in [0.717, 1.165) is 25.0 Å². The van der Waals surface area contributed by atoms with Crippen molar-refractivity contribution in [2.75, 3.05) is 5.75 Å². The van der Waals surface area contributed by atoms with Crippen molar-refractivity contribution in [1.29, 1.82) is 0 Å². The van der Waals surface area contributed by atoms with Crippen LogP contribution in [0.4, 0.5) is 0 Å². The van der Waals surface area contributed by atoms with E-state index in [1.54, 1.807) is 5.57 Å². The molecule has 1 radical (unpaired) electrons. The van der Waals surface area contributed by atoms with Crippen molar-refractivity contribution in [2.24, 2.45) is 5.41 Å². The molecule has 0 saturated carbocycles. The fourth-order valence-electron chi connectivity index (χ4n) is 3.13. The summed E-state index contributed by atoms with van der Waals surface area (Å²) in [5.41, 5.74) is 3.21. The number of thioether (sulfide) groups is 1. The van der Waals surface area contributed by atoms with Gasteiger partial charge in [-0.15, -0.1) is 6.42 Å². The Bertz CT molecular complexity index is 458. The molecular formula is C18H25Cl2STi. The van der Waals surface area contributed by atoms with Gasteiger partial charge in [0.25, 0.3) is 0 Å². The Balaban J connectivity index is 0. The van der Waals surface area contributed by atoms with Gasteiger partial charge in [0.05, 0.1) is 0 Å². The van der Waals surface area contributed by atoms with E-state index in [1.807, 2.05) is 0 Å². The van der Waals surface area contributed by atoms with Gasteiger partial charge >= 0.3 is 21.7 Å². The average molecular weight is 392 g/mol. The second-order valence-corrected chi connectivity index (χ2v) is 8.02. The van der Waals surface area contributed by atoms with Crippen molar-refractivity contribution in [2.45, 2.75) is 51.7 Å². The molecule has 0 aromatic rings. The minimum atomic E-state index is 0. The van der Waals surface area contributed by atoms with Crippen LogP contribution in [-0.4, -0.2) is 10.5 Å². The van der Waals surface area contributed by atoms with Gasteiger partial charge in [-0.1, -0.05) is 45.9 Å². The normalized spacial score (nSPS) is 22.9. The zero-order chi connectivity index (χ0) is 13.9. The Kier molecular flexibility index (Phi) is 11.8. The predicted octanol–water partition coefficient (Wildman–Crippen LogP) is -0.504. The van der Waals surface area contributed by atoms with Crippen LogP contribution >= 0.6 is 11.8 Å². The molecule has 0 bridgehead atoms. The Labute approximate surface area is 168 Å². The van der Waals surface area contributed by atoms with Gasteiger partial charge in [-0.05, 0) is 29.6 Å². The number of halogens is 2. The molecule has 0 aromatic heterocycles. The molecule has 1 atom stereocenters. The molecule has 2 aliphatic carbocycles. The van der Waals surface area contributed by atoms with E-state index in [9.17, 15) is 0 Å². The summed E-state index contributed by atoms with van der Waals surface area (Å²) in [6.07, 6.45) is 18.2. The van der Waals surface area contributed by atoms with Crippen molar-refractivity contribution >= 4 is 11.8 Å². The molecule has 121 valence electrons. The van der Waals surface area contributed by atoms with Gasteiger partial charge < -0.3 is 24.8 Å². The van der Waals surface area contributed by atoms with Crippen molar-refractivity contribution in [3.8, 4) is 0 Å². The van der Waals surface area contributed by atoms with Crippen LogP contribution in [0.25, 0.3) is 0 Å². The first-order valence-corrected chi connectivity index (χ1v) is 8.24. The van der Waals surface area contributed by atoms with Crippen LogP contribution < -0.4 is 24.8 Å². The van der Waals surface area contributed by atoms with Gasteiger partial charge in [0.2, 0.25) is 0 Å². The van der Waals surface area contributed by atoms with Crippen LogP contribution in [0.3, 0.4) is 0 Å². The first kappa shape index (κ1) is 24.9. The van der Waals surface area contributed by atoms with E-state index in [1.165, 1.54) is 5.57 Å². The molecule has 4 heteroatoms. The molecule has 0 heterocycles. The molecule has 0 fully saturated rings. The molecule has 2 rings (SSSR count). The van der Waals surface area contributed by atoms with E-state index < -0.39 is 0 Å². The number of allylic oxidation sites excluding steroid dienone is 7. The van der Waals surface area contributed by atoms with Gasteiger partial charge in [0, 0.05) is 4.75 Å². The Morgan fingerprint density at radius 2 is 1.91 bits per heavy atom. The van der Waals surface area contributed by atoms with Gasteiger partial charge in [-0.3, -0.25) is 6.08 Å². The van der Waals surface area contributed by atoms with Crippen molar-refractivity contribution in [3.63, 3.8) is 0 Å². The van der Waals surface area contributed by atoms with E-state index in [-0.39, 0.29) is 56.7 Å². The van der Waals surface area contributed by atoms with E-state index >= 15 is 0 Å². The average Bonchev–Trinajstić information content (AvgIpc) is 2.81. The molecule has 0 N–H and O–H groups in total. The topological polar surface area (TPSA) is 0 Å². The van der Waals surface area contributed by atoms with Crippen molar-refractivity contribution < 1.29 is 46.5 Å². The fraction of sp³-hybridized carbons (Fsp3) is 0.556. The number of hydrogen-bond acceptors (Lipinski definition) is 1. The Morgan fingerprint density at radius 3 is 2.41 bits per heavy atom.